The van der Waals surface area contributed by atoms with Gasteiger partial charge in [-0.2, -0.15) is 4.98 Å². The number of likely N-dealkylation sites (tertiary alicyclic amines) is 3. The number of H-pyrrole nitrogens is 2. The first kappa shape index (κ1) is 109. The van der Waals surface area contributed by atoms with Crippen LogP contribution in [0.3, 0.4) is 0 Å². The molecule has 16 heteroatoms. The highest BCUT2D eigenvalue weighted by molar-refractivity contribution is 5.76. The molecule has 4 fully saturated rings. The first-order valence-electron chi connectivity index (χ1n) is 44.1. The predicted octanol–water partition coefficient (Wildman–Crippen LogP) is 25.8. The smallest absolute Gasteiger partial charge is 0.226 e. The van der Waals surface area contributed by atoms with Crippen molar-refractivity contribution in [1.29, 1.82) is 0 Å². The highest BCUT2D eigenvalue weighted by atomic mass is 16.5. The van der Waals surface area contributed by atoms with Gasteiger partial charge >= 0.3 is 0 Å². The molecule has 12 rings (SSSR count). The van der Waals surface area contributed by atoms with Gasteiger partial charge in [0.1, 0.15) is 17.4 Å². The topological polar surface area (TPSA) is 160 Å². The molecule has 0 amide bonds. The van der Waals surface area contributed by atoms with E-state index in [2.05, 4.69) is 309 Å². The van der Waals surface area contributed by atoms with Crippen molar-refractivity contribution < 1.29 is 19.3 Å². The van der Waals surface area contributed by atoms with Crippen LogP contribution in [-0.4, -0.2) is 178 Å². The number of fused-ring (bicyclic) bond motifs is 4. The Balaban J connectivity index is 0.000000681. The van der Waals surface area contributed by atoms with Crippen LogP contribution in [0, 0.1) is 25.2 Å². The summed E-state index contributed by atoms with van der Waals surface area (Å²) in [5.41, 5.74) is 13.2. The van der Waals surface area contributed by atoms with Gasteiger partial charge in [0.15, 0.2) is 11.6 Å². The van der Waals surface area contributed by atoms with Crippen LogP contribution >= 0.6 is 0 Å². The minimum absolute atomic E-state index is 0. The Hall–Kier alpha value is -5.85. The van der Waals surface area contributed by atoms with E-state index in [1.165, 1.54) is 109 Å². The van der Waals surface area contributed by atoms with Crippen LogP contribution in [0.2, 0.25) is 0 Å². The van der Waals surface area contributed by atoms with Gasteiger partial charge in [-0.1, -0.05) is 195 Å². The standard InChI is InChI=1S/C23H25N3O3.C12H16N2.C11H14N2.C11H23N.C9H19N.C8H17NO.C8H17N.C8H19N.C5H12.C4H10.2CH4/c1-13-19-17(15(12-27)11-24-13)10-18-20(23(2,3)4)25-21(26-22(18)29-19)14-7-6-8-16(9-14)28-5;1-8-5-6-9-10(7-8)14-11(13-9)12(2,3)4;1-11(2,3)10-12-8-6-4-5-7-9(8)13-10;1-11(2,3)12-9-7-5-4-6-8-10-12;1-9(2,3)10-7-5-4-6-8-10;1-8(2,3)9-4-6-10-7-5-9;1-8(2,3)9-6-4-5-7-9;1-6-9(7-2)8(3,4)5;1-5(2,3)4;1-4(2)3;;/h6-9,11,27H,10,12H2,1-5H3;5-7H,1-4H3,(H,13,14);4-7H,1-3H3,(H,12,13);4-10H2,1-3H3;4-8H2,1-3H3;4-7H2,1-3H3;4-7H2,1-3H3;6-7H2,1-5H3;1-4H3;4H,1-3H3;2*1H4. The van der Waals surface area contributed by atoms with Gasteiger partial charge in [-0.25, -0.2) is 15.0 Å². The average Bonchev–Trinajstić information content (AvgIpc) is 1.54. The van der Waals surface area contributed by atoms with Gasteiger partial charge in [0.2, 0.25) is 5.88 Å². The quantitative estimate of drug-likeness (QED) is 0.149. The van der Waals surface area contributed by atoms with Crippen LogP contribution in [0.25, 0.3) is 33.5 Å². The second kappa shape index (κ2) is 49.3. The molecule has 0 atom stereocenters. The number of pyridine rings is 1. The summed E-state index contributed by atoms with van der Waals surface area (Å²) in [5, 5.41) is 9.77. The Morgan fingerprint density at radius 2 is 0.897 bits per heavy atom. The summed E-state index contributed by atoms with van der Waals surface area (Å²) < 4.78 is 16.9. The van der Waals surface area contributed by atoms with Gasteiger partial charge in [-0.15, -0.1) is 0 Å². The van der Waals surface area contributed by atoms with E-state index in [0.29, 0.717) is 57.0 Å². The molecule has 16 nitrogen and oxygen atoms in total. The number of benzene rings is 3. The normalized spacial score (nSPS) is 15.9. The van der Waals surface area contributed by atoms with Gasteiger partial charge in [0, 0.05) is 91.9 Å². The number of aryl methyl sites for hydroxylation is 2. The molecule has 0 spiro atoms. The van der Waals surface area contributed by atoms with Crippen LogP contribution in [0.15, 0.2) is 72.9 Å². The SMILES string of the molecule is C.C.CC(C)(C)C.CC(C)(C)N1CCCC1.CC(C)(C)N1CCCCC1.CC(C)(C)N1CCCCCCC1.CC(C)(C)N1CCOCC1.CC(C)(C)c1nc2ccccc2[nH]1.CC(C)C.CCN(CC)C(C)(C)C.COc1cccc(-c2nc3c(c(C(C)(C)C)n2)Cc2c(CO)cnc(C)c2O3)c1.Cc1ccc2nc(C(C)(C)C)[nH]c2c1. The third-order valence-corrected chi connectivity index (χ3v) is 20.4. The second-order valence-electron chi connectivity index (χ2n) is 42.3. The number of aromatic amines is 2. The van der Waals surface area contributed by atoms with Crippen molar-refractivity contribution in [1.82, 2.24) is 59.4 Å². The zero-order chi connectivity index (χ0) is 87.3. The van der Waals surface area contributed by atoms with Crippen LogP contribution in [0.5, 0.6) is 17.4 Å². The number of piperidine rings is 1. The van der Waals surface area contributed by atoms with Crippen molar-refractivity contribution in [3.63, 3.8) is 0 Å². The minimum Gasteiger partial charge on any atom is -0.497 e. The second-order valence-corrected chi connectivity index (χ2v) is 42.3. The lowest BCUT2D eigenvalue weighted by Gasteiger charge is -2.38. The van der Waals surface area contributed by atoms with Crippen LogP contribution in [0.1, 0.15) is 353 Å². The molecule has 7 aromatic rings. The number of rotatable bonds is 5. The summed E-state index contributed by atoms with van der Waals surface area (Å²) in [7, 11) is 1.64. The van der Waals surface area contributed by atoms with E-state index in [1.54, 1.807) is 13.3 Å². The molecule has 0 aliphatic carbocycles. The number of nitrogens with one attached hydrogen (secondary N) is 2. The lowest BCUT2D eigenvalue weighted by Crippen LogP contribution is -2.47. The average molecular weight is 1630 g/mol. The molecule has 5 aliphatic heterocycles. The minimum atomic E-state index is -0.205. The van der Waals surface area contributed by atoms with Crippen molar-refractivity contribution in [2.45, 2.75) is 378 Å². The molecule has 9 heterocycles. The number of methoxy groups -OCH3 is 1. The van der Waals surface area contributed by atoms with E-state index in [4.69, 9.17) is 24.2 Å². The van der Waals surface area contributed by atoms with E-state index in [1.807, 2.05) is 49.4 Å². The van der Waals surface area contributed by atoms with E-state index in [9.17, 15) is 5.11 Å². The Morgan fingerprint density at radius 1 is 0.487 bits per heavy atom. The number of aliphatic hydroxyl groups excluding tert-OH is 1. The Labute approximate surface area is 719 Å². The monoisotopic (exact) mass is 1630 g/mol. The van der Waals surface area contributed by atoms with Crippen LogP contribution in [-0.2, 0) is 34.0 Å². The molecule has 4 aromatic heterocycles. The number of aliphatic hydroxyl groups is 1. The number of aromatic nitrogens is 7. The molecule has 117 heavy (non-hydrogen) atoms. The number of imidazole rings is 2. The molecule has 5 aliphatic rings. The van der Waals surface area contributed by atoms with Crippen molar-refractivity contribution in [3.05, 3.63) is 118 Å². The first-order chi connectivity index (χ1) is 53.0. The fourth-order valence-electron chi connectivity index (χ4n) is 13.7. The van der Waals surface area contributed by atoms with Gasteiger partial charge in [-0.05, 0) is 262 Å². The van der Waals surface area contributed by atoms with Crippen molar-refractivity contribution >= 4 is 22.1 Å². The summed E-state index contributed by atoms with van der Waals surface area (Å²) >= 11 is 0. The highest BCUT2D eigenvalue weighted by Crippen LogP contribution is 2.43. The molecule has 3 aromatic carbocycles. The van der Waals surface area contributed by atoms with E-state index in [-0.39, 0.29) is 37.7 Å². The zero-order valence-corrected chi connectivity index (χ0v) is 80.6. The van der Waals surface area contributed by atoms with Gasteiger partial charge in [0.05, 0.1) is 60.4 Å². The fourth-order valence-corrected chi connectivity index (χ4v) is 13.7. The van der Waals surface area contributed by atoms with Gasteiger partial charge < -0.3 is 29.3 Å². The zero-order valence-electron chi connectivity index (χ0n) is 80.6. The highest BCUT2D eigenvalue weighted by Gasteiger charge is 2.33. The lowest BCUT2D eigenvalue weighted by atomic mass is 9.85. The number of ether oxygens (including phenoxy) is 3. The predicted molar refractivity (Wildman–Crippen MR) is 509 cm³/mol. The molecular formula is C101H180N12O4. The van der Waals surface area contributed by atoms with E-state index in [0.717, 1.165) is 118 Å². The largest absolute Gasteiger partial charge is 0.497 e. The number of hydrogen-bond donors (Lipinski definition) is 3. The van der Waals surface area contributed by atoms with Crippen LogP contribution < -0.4 is 9.47 Å². The van der Waals surface area contributed by atoms with E-state index >= 15 is 0 Å². The molecule has 4 saturated heterocycles. The maximum atomic E-state index is 9.77. The summed E-state index contributed by atoms with van der Waals surface area (Å²) in [6.07, 6.45) is 16.5. The van der Waals surface area contributed by atoms with Gasteiger partial charge in [0.25, 0.3) is 0 Å². The summed E-state index contributed by atoms with van der Waals surface area (Å²) in [5.74, 6) is 5.52. The number of morpholine rings is 1. The Bertz CT molecular complexity index is 3770. The summed E-state index contributed by atoms with van der Waals surface area (Å²) in [6.45, 7) is 91.3. The number of hydrogen-bond acceptors (Lipinski definition) is 14. The van der Waals surface area contributed by atoms with Crippen molar-refractivity contribution in [2.75, 3.05) is 85.8 Å². The van der Waals surface area contributed by atoms with Crippen molar-refractivity contribution in [3.8, 4) is 28.8 Å². The fraction of sp³-hybridized carbons (Fsp3) is 0.713. The maximum absolute atomic E-state index is 9.77. The van der Waals surface area contributed by atoms with Gasteiger partial charge in [-0.3, -0.25) is 29.5 Å². The third-order valence-electron chi connectivity index (χ3n) is 20.4. The number of para-hydroxylation sites is 2. The molecule has 3 N–H and O–H groups in total. The maximum Gasteiger partial charge on any atom is 0.226 e. The van der Waals surface area contributed by atoms with Crippen LogP contribution in [0.4, 0.5) is 0 Å². The Kier molecular flexibility index (Phi) is 46.0. The first-order valence-corrected chi connectivity index (χ1v) is 44.1. The van der Waals surface area contributed by atoms with Crippen molar-refractivity contribution in [2.24, 2.45) is 11.3 Å². The third kappa shape index (κ3) is 40.6. The lowest BCUT2D eigenvalue weighted by molar-refractivity contribution is -0.00389. The molecular weight excluding hydrogens is 1450 g/mol. The van der Waals surface area contributed by atoms with E-state index < -0.39 is 0 Å². The molecule has 0 unspecified atom stereocenters. The number of nitrogens with zero attached hydrogens (tertiary/aromatic N) is 10. The molecule has 0 bridgehead atoms. The molecule has 0 saturated carbocycles. The summed E-state index contributed by atoms with van der Waals surface area (Å²) in [4.78, 5) is 42.5. The Morgan fingerprint density at radius 3 is 1.28 bits per heavy atom. The summed E-state index contributed by atoms with van der Waals surface area (Å²) in [6, 6.07) is 22.1. The molecule has 668 valence electrons. The molecule has 0 radical (unpaired) electrons.